The van der Waals surface area contributed by atoms with E-state index in [9.17, 15) is 9.59 Å². The predicted octanol–water partition coefficient (Wildman–Crippen LogP) is 5.37. The van der Waals surface area contributed by atoms with Crippen molar-refractivity contribution in [2.24, 2.45) is 17.8 Å². The first-order valence-corrected chi connectivity index (χ1v) is 15.5. The van der Waals surface area contributed by atoms with Crippen molar-refractivity contribution in [3.05, 3.63) is 65.9 Å². The summed E-state index contributed by atoms with van der Waals surface area (Å²) in [5.41, 5.74) is 3.07. The lowest BCUT2D eigenvalue weighted by atomic mass is 9.53. The SMILES string of the molecule is COCCN(CC(=O)N(CCc1c[nH]c2ccccc12)Cc1ccccc1OC)C(=O)NC12CC3CC(CC(C3)C1)C2. The van der Waals surface area contributed by atoms with E-state index in [4.69, 9.17) is 9.47 Å². The average molecular weight is 573 g/mol. The molecule has 224 valence electrons. The van der Waals surface area contributed by atoms with Crippen LogP contribution in [0.3, 0.4) is 0 Å². The molecule has 4 aliphatic carbocycles. The second-order valence-corrected chi connectivity index (χ2v) is 12.8. The number of urea groups is 1. The quantitative estimate of drug-likeness (QED) is 0.305. The molecule has 1 aromatic heterocycles. The summed E-state index contributed by atoms with van der Waals surface area (Å²) in [7, 11) is 3.28. The van der Waals surface area contributed by atoms with Gasteiger partial charge in [0.15, 0.2) is 0 Å². The third-order valence-electron chi connectivity index (χ3n) is 9.82. The van der Waals surface area contributed by atoms with Crippen molar-refractivity contribution in [2.45, 2.75) is 57.0 Å². The highest BCUT2D eigenvalue weighted by atomic mass is 16.5. The number of carbonyl (C=O) groups is 2. The molecule has 4 aliphatic rings. The number of aromatic nitrogens is 1. The topological polar surface area (TPSA) is 86.9 Å². The number of methoxy groups -OCH3 is 2. The third-order valence-corrected chi connectivity index (χ3v) is 9.82. The summed E-state index contributed by atoms with van der Waals surface area (Å²) in [6.07, 6.45) is 9.88. The summed E-state index contributed by atoms with van der Waals surface area (Å²) < 4.78 is 11.0. The van der Waals surface area contributed by atoms with Crippen LogP contribution >= 0.6 is 0 Å². The molecule has 0 spiro atoms. The van der Waals surface area contributed by atoms with Crippen molar-refractivity contribution in [3.8, 4) is 5.75 Å². The van der Waals surface area contributed by atoms with Gasteiger partial charge >= 0.3 is 6.03 Å². The Bertz CT molecular complexity index is 1370. The van der Waals surface area contributed by atoms with Crippen LogP contribution in [0.25, 0.3) is 10.9 Å². The van der Waals surface area contributed by atoms with Crippen LogP contribution in [0.1, 0.15) is 49.7 Å². The van der Waals surface area contributed by atoms with E-state index in [1.165, 1.54) is 30.2 Å². The van der Waals surface area contributed by atoms with Gasteiger partial charge in [0.05, 0.1) is 13.7 Å². The van der Waals surface area contributed by atoms with Crippen LogP contribution in [0.15, 0.2) is 54.7 Å². The molecule has 8 heteroatoms. The molecule has 0 saturated heterocycles. The first-order valence-electron chi connectivity index (χ1n) is 15.5. The fourth-order valence-corrected chi connectivity index (χ4v) is 8.21. The lowest BCUT2D eigenvalue weighted by Gasteiger charge is -2.57. The molecule has 0 unspecified atom stereocenters. The maximum Gasteiger partial charge on any atom is 0.318 e. The van der Waals surface area contributed by atoms with E-state index in [2.05, 4.69) is 22.4 Å². The van der Waals surface area contributed by atoms with Gasteiger partial charge in [0.2, 0.25) is 5.91 Å². The van der Waals surface area contributed by atoms with Crippen LogP contribution in [0.5, 0.6) is 5.75 Å². The van der Waals surface area contributed by atoms with Gasteiger partial charge in [0, 0.05) is 54.9 Å². The van der Waals surface area contributed by atoms with Crippen LogP contribution in [0, 0.1) is 17.8 Å². The van der Waals surface area contributed by atoms with Crippen LogP contribution in [0.4, 0.5) is 4.79 Å². The second-order valence-electron chi connectivity index (χ2n) is 12.8. The number of aromatic amines is 1. The minimum absolute atomic E-state index is 0.00456. The summed E-state index contributed by atoms with van der Waals surface area (Å²) in [6.45, 7) is 1.67. The van der Waals surface area contributed by atoms with Gasteiger partial charge in [-0.05, 0) is 80.4 Å². The zero-order valence-electron chi connectivity index (χ0n) is 24.9. The van der Waals surface area contributed by atoms with Crippen LogP contribution < -0.4 is 10.1 Å². The molecule has 0 radical (unpaired) electrons. The number of H-pyrrole nitrogens is 1. The minimum Gasteiger partial charge on any atom is -0.496 e. The summed E-state index contributed by atoms with van der Waals surface area (Å²) in [5.74, 6) is 2.85. The number of nitrogens with one attached hydrogen (secondary N) is 2. The van der Waals surface area contributed by atoms with E-state index in [1.54, 1.807) is 19.1 Å². The Labute approximate surface area is 248 Å². The molecule has 4 saturated carbocycles. The van der Waals surface area contributed by atoms with E-state index in [1.807, 2.05) is 47.5 Å². The largest absolute Gasteiger partial charge is 0.496 e. The average Bonchev–Trinajstić information content (AvgIpc) is 3.39. The van der Waals surface area contributed by atoms with E-state index in [-0.39, 0.29) is 24.0 Å². The van der Waals surface area contributed by atoms with Gasteiger partial charge in [-0.3, -0.25) is 4.79 Å². The highest BCUT2D eigenvalue weighted by molar-refractivity contribution is 5.85. The molecule has 0 atom stereocenters. The third kappa shape index (κ3) is 6.14. The van der Waals surface area contributed by atoms with E-state index < -0.39 is 0 Å². The molecule has 42 heavy (non-hydrogen) atoms. The van der Waals surface area contributed by atoms with Crippen LogP contribution in [-0.4, -0.2) is 72.7 Å². The smallest absolute Gasteiger partial charge is 0.318 e. The molecule has 7 rings (SSSR count). The predicted molar refractivity (Wildman–Crippen MR) is 163 cm³/mol. The summed E-state index contributed by atoms with van der Waals surface area (Å²) in [4.78, 5) is 34.7. The van der Waals surface area contributed by atoms with Crippen molar-refractivity contribution in [2.75, 3.05) is 40.5 Å². The highest BCUT2D eigenvalue weighted by Gasteiger charge is 2.51. The Kier molecular flexibility index (Phi) is 8.43. The molecule has 2 N–H and O–H groups in total. The Hall–Kier alpha value is -3.52. The van der Waals surface area contributed by atoms with Gasteiger partial charge in [-0.15, -0.1) is 0 Å². The first-order chi connectivity index (χ1) is 20.4. The highest BCUT2D eigenvalue weighted by Crippen LogP contribution is 2.55. The van der Waals surface area contributed by atoms with Gasteiger partial charge < -0.3 is 29.6 Å². The number of amides is 3. The van der Waals surface area contributed by atoms with Crippen molar-refractivity contribution in [1.29, 1.82) is 0 Å². The number of hydrogen-bond donors (Lipinski definition) is 2. The molecular formula is C34H44N4O4. The number of rotatable bonds is 12. The number of nitrogens with zero attached hydrogens (tertiary/aromatic N) is 2. The monoisotopic (exact) mass is 572 g/mol. The van der Waals surface area contributed by atoms with Gasteiger partial charge in [-0.25, -0.2) is 4.79 Å². The molecule has 4 bridgehead atoms. The van der Waals surface area contributed by atoms with Crippen molar-refractivity contribution in [1.82, 2.24) is 20.1 Å². The summed E-state index contributed by atoms with van der Waals surface area (Å²) >= 11 is 0. The van der Waals surface area contributed by atoms with Gasteiger partial charge in [0.1, 0.15) is 12.3 Å². The normalized spacial score (nSPS) is 24.1. The molecule has 3 aromatic rings. The van der Waals surface area contributed by atoms with E-state index >= 15 is 0 Å². The lowest BCUT2D eigenvalue weighted by Crippen LogP contribution is -2.62. The fourth-order valence-electron chi connectivity index (χ4n) is 8.21. The maximum atomic E-state index is 14.0. The van der Waals surface area contributed by atoms with E-state index in [0.717, 1.165) is 53.8 Å². The molecule has 0 aliphatic heterocycles. The maximum absolute atomic E-state index is 14.0. The zero-order chi connectivity index (χ0) is 29.1. The van der Waals surface area contributed by atoms with Gasteiger partial charge in [-0.1, -0.05) is 36.4 Å². The number of ether oxygens (including phenoxy) is 2. The molecule has 3 amide bonds. The summed E-state index contributed by atoms with van der Waals surface area (Å²) in [5, 5.41) is 4.62. The number of carbonyl (C=O) groups excluding carboxylic acids is 2. The molecule has 1 heterocycles. The van der Waals surface area contributed by atoms with Crippen molar-refractivity contribution < 1.29 is 19.1 Å². The zero-order valence-corrected chi connectivity index (χ0v) is 24.9. The van der Waals surface area contributed by atoms with Crippen molar-refractivity contribution in [3.63, 3.8) is 0 Å². The van der Waals surface area contributed by atoms with Crippen LogP contribution in [0.2, 0.25) is 0 Å². The second kappa shape index (κ2) is 12.4. The summed E-state index contributed by atoms with van der Waals surface area (Å²) in [6, 6.07) is 15.9. The minimum atomic E-state index is -0.142. The fraction of sp³-hybridized carbons (Fsp3) is 0.529. The van der Waals surface area contributed by atoms with Crippen molar-refractivity contribution >= 4 is 22.8 Å². The van der Waals surface area contributed by atoms with Crippen LogP contribution in [-0.2, 0) is 22.5 Å². The first kappa shape index (κ1) is 28.6. The Balaban J connectivity index is 1.19. The molecule has 2 aromatic carbocycles. The number of benzene rings is 2. The molecular weight excluding hydrogens is 528 g/mol. The lowest BCUT2D eigenvalue weighted by molar-refractivity contribution is -0.132. The molecule has 4 fully saturated rings. The standard InChI is InChI=1S/C34H44N4O4/c1-41-14-13-38(33(40)36-34-18-24-15-25(19-34)17-26(16-24)20-34)23-32(39)37(22-28-7-3-6-10-31(28)42-2)12-11-27-21-35-30-9-5-4-8-29(27)30/h3-10,21,24-26,35H,11-20,22-23H2,1-2H3,(H,36,40). The Morgan fingerprint density at radius 2 is 1.60 bits per heavy atom. The number of para-hydroxylation sites is 2. The number of hydrogen-bond acceptors (Lipinski definition) is 4. The van der Waals surface area contributed by atoms with E-state index in [0.29, 0.717) is 32.7 Å². The Morgan fingerprint density at radius 3 is 2.31 bits per heavy atom. The molecule has 8 nitrogen and oxygen atoms in total. The van der Waals surface area contributed by atoms with Gasteiger partial charge in [-0.2, -0.15) is 0 Å². The van der Waals surface area contributed by atoms with Gasteiger partial charge in [0.25, 0.3) is 0 Å². The number of fused-ring (bicyclic) bond motifs is 1. The Morgan fingerprint density at radius 1 is 0.905 bits per heavy atom.